The zero-order valence-electron chi connectivity index (χ0n) is 14.5. The number of hydrogen-bond acceptors (Lipinski definition) is 4. The molecule has 0 saturated carbocycles. The summed E-state index contributed by atoms with van der Waals surface area (Å²) in [5, 5.41) is 1.88. The van der Waals surface area contributed by atoms with Gasteiger partial charge in [0, 0.05) is 29.7 Å². The van der Waals surface area contributed by atoms with Crippen LogP contribution in [0.25, 0.3) is 0 Å². The number of hydrogen-bond donors (Lipinski definition) is 0. The lowest BCUT2D eigenvalue weighted by molar-refractivity contribution is 0.0996. The average molecular weight is 425 g/mol. The fraction of sp³-hybridized carbons (Fsp3) is 0.421. The molecular formula is C19H22BrFN2OS. The van der Waals surface area contributed by atoms with Crippen molar-refractivity contribution in [3.8, 4) is 0 Å². The topological polar surface area (TPSA) is 23.6 Å². The van der Waals surface area contributed by atoms with Gasteiger partial charge in [-0.05, 0) is 84.1 Å². The van der Waals surface area contributed by atoms with Gasteiger partial charge in [-0.25, -0.2) is 4.39 Å². The first-order valence-corrected chi connectivity index (χ1v) is 10.1. The van der Waals surface area contributed by atoms with Gasteiger partial charge in [0.1, 0.15) is 5.82 Å². The Kier molecular flexibility index (Phi) is 5.92. The molecule has 1 fully saturated rings. The van der Waals surface area contributed by atoms with Gasteiger partial charge in [0.15, 0.2) is 5.78 Å². The molecule has 0 spiro atoms. The molecule has 6 heteroatoms. The maximum Gasteiger partial charge on any atom is 0.178 e. The maximum atomic E-state index is 14.1. The van der Waals surface area contributed by atoms with E-state index in [4.69, 9.17) is 0 Å². The molecule has 25 heavy (non-hydrogen) atoms. The molecule has 1 aromatic heterocycles. The lowest BCUT2D eigenvalue weighted by Gasteiger charge is -2.36. The van der Waals surface area contributed by atoms with E-state index in [-0.39, 0.29) is 18.0 Å². The maximum absolute atomic E-state index is 14.1. The van der Waals surface area contributed by atoms with Crippen LogP contribution in [0, 0.1) is 5.82 Å². The molecule has 2 aromatic rings. The summed E-state index contributed by atoms with van der Waals surface area (Å²) in [6.45, 7) is 2.12. The van der Waals surface area contributed by atoms with Crippen LogP contribution in [0.1, 0.15) is 28.1 Å². The highest BCUT2D eigenvalue weighted by Gasteiger charge is 2.22. The van der Waals surface area contributed by atoms with E-state index in [1.54, 1.807) is 6.07 Å². The number of anilines is 1. The van der Waals surface area contributed by atoms with Gasteiger partial charge in [-0.3, -0.25) is 4.79 Å². The molecular weight excluding hydrogens is 403 g/mol. The SMILES string of the molecule is CN1CCC(N(C)c2cc(F)cc(CC(=O)c3sccc3Br)c2)CC1. The number of ketones is 1. The van der Waals surface area contributed by atoms with E-state index in [1.165, 1.54) is 17.4 Å². The standard InChI is InChI=1S/C19H22BrFN2OS/c1-22-6-3-15(4-7-22)23(2)16-10-13(9-14(21)12-16)11-18(24)19-17(20)5-8-25-19/h5,8-10,12,15H,3-4,6-7,11H2,1-2H3. The monoisotopic (exact) mass is 424 g/mol. The van der Waals surface area contributed by atoms with Crippen molar-refractivity contribution in [3.63, 3.8) is 0 Å². The van der Waals surface area contributed by atoms with Crippen LogP contribution in [0.2, 0.25) is 0 Å². The third-order valence-corrected chi connectivity index (χ3v) is 6.70. The molecule has 2 heterocycles. The van der Waals surface area contributed by atoms with E-state index in [1.807, 2.05) is 24.6 Å². The fourth-order valence-corrected chi connectivity index (χ4v) is 4.82. The second-order valence-corrected chi connectivity index (χ2v) is 8.43. The first kappa shape index (κ1) is 18.5. The summed E-state index contributed by atoms with van der Waals surface area (Å²) < 4.78 is 14.9. The highest BCUT2D eigenvalue weighted by molar-refractivity contribution is 9.10. The van der Waals surface area contributed by atoms with Gasteiger partial charge in [-0.2, -0.15) is 0 Å². The van der Waals surface area contributed by atoms with Crippen molar-refractivity contribution in [1.82, 2.24) is 4.90 Å². The number of halogens is 2. The summed E-state index contributed by atoms with van der Waals surface area (Å²) in [6, 6.07) is 7.25. The van der Waals surface area contributed by atoms with Gasteiger partial charge in [0.25, 0.3) is 0 Å². The Morgan fingerprint density at radius 1 is 1.36 bits per heavy atom. The van der Waals surface area contributed by atoms with Crippen LogP contribution in [-0.2, 0) is 6.42 Å². The number of nitrogens with zero attached hydrogens (tertiary/aromatic N) is 2. The second-order valence-electron chi connectivity index (χ2n) is 6.66. The minimum atomic E-state index is -0.287. The van der Waals surface area contributed by atoms with Gasteiger partial charge in [0.05, 0.1) is 4.88 Å². The Bertz CT molecular complexity index is 756. The molecule has 1 aliphatic heterocycles. The average Bonchev–Trinajstić information content (AvgIpc) is 3.00. The van der Waals surface area contributed by atoms with Crippen molar-refractivity contribution < 1.29 is 9.18 Å². The van der Waals surface area contributed by atoms with Gasteiger partial charge in [-0.1, -0.05) is 0 Å². The number of Topliss-reactive ketones (excluding diaryl/α,β-unsaturated/α-hetero) is 1. The molecule has 3 rings (SSSR count). The second kappa shape index (κ2) is 7.98. The van der Waals surface area contributed by atoms with Crippen molar-refractivity contribution in [1.29, 1.82) is 0 Å². The molecule has 0 N–H and O–H groups in total. The number of carbonyl (C=O) groups excluding carboxylic acids is 1. The predicted molar refractivity (Wildman–Crippen MR) is 105 cm³/mol. The highest BCUT2D eigenvalue weighted by atomic mass is 79.9. The van der Waals surface area contributed by atoms with Crippen LogP contribution in [0.4, 0.5) is 10.1 Å². The highest BCUT2D eigenvalue weighted by Crippen LogP contribution is 2.27. The number of piperidine rings is 1. The molecule has 3 nitrogen and oxygen atoms in total. The molecule has 134 valence electrons. The van der Waals surface area contributed by atoms with Crippen molar-refractivity contribution in [2.75, 3.05) is 32.1 Å². The Morgan fingerprint density at radius 2 is 2.08 bits per heavy atom. The summed E-state index contributed by atoms with van der Waals surface area (Å²) in [6.07, 6.45) is 2.35. The summed E-state index contributed by atoms with van der Waals surface area (Å²) in [7, 11) is 4.15. The van der Waals surface area contributed by atoms with Gasteiger partial charge in [0.2, 0.25) is 0 Å². The van der Waals surface area contributed by atoms with E-state index in [2.05, 4.69) is 32.8 Å². The van der Waals surface area contributed by atoms with E-state index < -0.39 is 0 Å². The minimum absolute atomic E-state index is 0.0142. The van der Waals surface area contributed by atoms with Crippen molar-refractivity contribution in [3.05, 3.63) is 50.4 Å². The molecule has 0 radical (unpaired) electrons. The molecule has 0 bridgehead atoms. The normalized spacial score (nSPS) is 16.2. The van der Waals surface area contributed by atoms with Crippen molar-refractivity contribution >= 4 is 38.7 Å². The first-order chi connectivity index (χ1) is 11.9. The lowest BCUT2D eigenvalue weighted by atomic mass is 10.0. The van der Waals surface area contributed by atoms with Crippen LogP contribution in [0.5, 0.6) is 0 Å². The number of thiophene rings is 1. The summed E-state index contributed by atoms with van der Waals surface area (Å²) in [5.41, 5.74) is 1.57. The minimum Gasteiger partial charge on any atom is -0.371 e. The number of rotatable bonds is 5. The largest absolute Gasteiger partial charge is 0.371 e. The number of carbonyl (C=O) groups is 1. The Morgan fingerprint density at radius 3 is 2.72 bits per heavy atom. The predicted octanol–water partition coefficient (Wildman–Crippen LogP) is 4.61. The molecule has 1 saturated heterocycles. The lowest BCUT2D eigenvalue weighted by Crippen LogP contribution is -2.42. The number of likely N-dealkylation sites (tertiary alicyclic amines) is 1. The molecule has 0 atom stereocenters. The van der Waals surface area contributed by atoms with E-state index >= 15 is 0 Å². The zero-order valence-corrected chi connectivity index (χ0v) is 16.9. The molecule has 1 aromatic carbocycles. The quantitative estimate of drug-likeness (QED) is 0.654. The van der Waals surface area contributed by atoms with Crippen LogP contribution in [0.15, 0.2) is 34.1 Å². The van der Waals surface area contributed by atoms with Crippen LogP contribution in [-0.4, -0.2) is 43.9 Å². The van der Waals surface area contributed by atoms with Crippen molar-refractivity contribution in [2.24, 2.45) is 0 Å². The van der Waals surface area contributed by atoms with E-state index in [9.17, 15) is 9.18 Å². The summed E-state index contributed by atoms with van der Waals surface area (Å²) >= 11 is 4.80. The van der Waals surface area contributed by atoms with Gasteiger partial charge in [-0.15, -0.1) is 11.3 Å². The first-order valence-electron chi connectivity index (χ1n) is 8.41. The van der Waals surface area contributed by atoms with Crippen LogP contribution in [0.3, 0.4) is 0 Å². The molecule has 0 unspecified atom stereocenters. The third-order valence-electron chi connectivity index (χ3n) is 4.82. The van der Waals surface area contributed by atoms with Gasteiger partial charge >= 0.3 is 0 Å². The molecule has 0 amide bonds. The third kappa shape index (κ3) is 4.49. The van der Waals surface area contributed by atoms with E-state index in [0.29, 0.717) is 10.9 Å². The summed E-state index contributed by atoms with van der Waals surface area (Å²) in [4.78, 5) is 17.6. The fourth-order valence-electron chi connectivity index (χ4n) is 3.29. The van der Waals surface area contributed by atoms with Crippen LogP contribution < -0.4 is 4.90 Å². The number of benzene rings is 1. The van der Waals surface area contributed by atoms with Crippen molar-refractivity contribution in [2.45, 2.75) is 25.3 Å². The molecule has 0 aliphatic carbocycles. The zero-order chi connectivity index (χ0) is 18.0. The smallest absolute Gasteiger partial charge is 0.178 e. The Hall–Kier alpha value is -1.24. The Balaban J connectivity index is 1.76. The molecule has 1 aliphatic rings. The Labute approximate surface area is 160 Å². The van der Waals surface area contributed by atoms with E-state index in [0.717, 1.165) is 41.7 Å². The van der Waals surface area contributed by atoms with Crippen LogP contribution >= 0.6 is 27.3 Å². The van der Waals surface area contributed by atoms with Gasteiger partial charge < -0.3 is 9.80 Å². The summed E-state index contributed by atoms with van der Waals surface area (Å²) in [5.74, 6) is -0.273.